The summed E-state index contributed by atoms with van der Waals surface area (Å²) in [5.41, 5.74) is -0.270. The van der Waals surface area contributed by atoms with Gasteiger partial charge in [-0.25, -0.2) is 9.67 Å². The van der Waals surface area contributed by atoms with Gasteiger partial charge in [-0.1, -0.05) is 0 Å². The molecule has 1 N–H and O–H groups in total. The summed E-state index contributed by atoms with van der Waals surface area (Å²) in [5, 5.41) is 13.9. The van der Waals surface area contributed by atoms with Crippen LogP contribution in [0.4, 0.5) is 0 Å². The van der Waals surface area contributed by atoms with E-state index in [4.69, 9.17) is 4.74 Å². The van der Waals surface area contributed by atoms with Crippen molar-refractivity contribution >= 4 is 0 Å². The van der Waals surface area contributed by atoms with E-state index in [0.717, 1.165) is 12.2 Å². The van der Waals surface area contributed by atoms with Gasteiger partial charge in [0.1, 0.15) is 12.2 Å². The van der Waals surface area contributed by atoms with Crippen molar-refractivity contribution in [2.75, 3.05) is 26.9 Å². The number of hydrogen-bond donors (Lipinski definition) is 1. The molecule has 0 radical (unpaired) electrons. The van der Waals surface area contributed by atoms with Gasteiger partial charge in [0, 0.05) is 12.6 Å². The Hall–Kier alpha value is -0.980. The van der Waals surface area contributed by atoms with Crippen LogP contribution in [0.25, 0.3) is 0 Å². The maximum atomic E-state index is 9.63. The minimum Gasteiger partial charge on any atom is -0.394 e. The summed E-state index contributed by atoms with van der Waals surface area (Å²) in [6, 6.07) is 0.292. The number of aromatic nitrogens is 3. The van der Waals surface area contributed by atoms with Crippen LogP contribution >= 0.6 is 0 Å². The van der Waals surface area contributed by atoms with E-state index < -0.39 is 0 Å². The Bertz CT molecular complexity index is 385. The Morgan fingerprint density at radius 2 is 2.39 bits per heavy atom. The average molecular weight is 254 g/mol. The van der Waals surface area contributed by atoms with E-state index in [1.807, 2.05) is 11.7 Å². The van der Waals surface area contributed by atoms with Crippen molar-refractivity contribution in [2.45, 2.75) is 38.4 Å². The molecule has 2 rings (SSSR count). The van der Waals surface area contributed by atoms with Crippen molar-refractivity contribution < 1.29 is 9.84 Å². The molecule has 1 aliphatic heterocycles. The minimum absolute atomic E-state index is 0.110. The van der Waals surface area contributed by atoms with Gasteiger partial charge in [-0.2, -0.15) is 5.10 Å². The highest BCUT2D eigenvalue weighted by molar-refractivity contribution is 4.96. The fourth-order valence-electron chi connectivity index (χ4n) is 2.34. The van der Waals surface area contributed by atoms with Crippen molar-refractivity contribution in [3.8, 4) is 0 Å². The van der Waals surface area contributed by atoms with Crippen molar-refractivity contribution in [3.63, 3.8) is 0 Å². The number of rotatable bonds is 5. The number of aliphatic hydroxyl groups excluding tert-OH is 1. The maximum Gasteiger partial charge on any atom is 0.141 e. The van der Waals surface area contributed by atoms with Gasteiger partial charge >= 0.3 is 0 Å². The number of ether oxygens (including phenoxy) is 1. The van der Waals surface area contributed by atoms with E-state index in [2.05, 4.69) is 28.8 Å². The molecule has 0 bridgehead atoms. The molecule has 18 heavy (non-hydrogen) atoms. The van der Waals surface area contributed by atoms with Gasteiger partial charge in [0.25, 0.3) is 0 Å². The molecule has 1 saturated heterocycles. The lowest BCUT2D eigenvalue weighted by molar-refractivity contribution is 0.0290. The summed E-state index contributed by atoms with van der Waals surface area (Å²) < 4.78 is 7.34. The van der Waals surface area contributed by atoms with Gasteiger partial charge in [0.05, 0.1) is 25.3 Å². The van der Waals surface area contributed by atoms with Gasteiger partial charge < -0.3 is 9.84 Å². The second-order valence-corrected chi connectivity index (χ2v) is 5.26. The standard InChI is InChI=1S/C12H22N4O2/c1-10(2)16-11(13-9-14-16)6-15(3)12(7-17)4-5-18-8-12/h9-10,17H,4-8H2,1-3H3. The molecule has 6 heteroatoms. The molecule has 1 aromatic rings. The van der Waals surface area contributed by atoms with Crippen molar-refractivity contribution in [3.05, 3.63) is 12.2 Å². The van der Waals surface area contributed by atoms with Crippen LogP contribution in [-0.4, -0.2) is 57.2 Å². The Labute approximate surface area is 108 Å². The zero-order valence-electron chi connectivity index (χ0n) is 11.3. The van der Waals surface area contributed by atoms with E-state index in [1.54, 1.807) is 6.33 Å². The summed E-state index contributed by atoms with van der Waals surface area (Å²) >= 11 is 0. The summed E-state index contributed by atoms with van der Waals surface area (Å²) in [6.45, 7) is 6.23. The van der Waals surface area contributed by atoms with Crippen LogP contribution in [0.1, 0.15) is 32.1 Å². The summed E-state index contributed by atoms with van der Waals surface area (Å²) in [6.07, 6.45) is 2.44. The molecular formula is C12H22N4O2. The van der Waals surface area contributed by atoms with Crippen molar-refractivity contribution in [1.29, 1.82) is 0 Å². The summed E-state index contributed by atoms with van der Waals surface area (Å²) in [7, 11) is 2.00. The summed E-state index contributed by atoms with van der Waals surface area (Å²) in [4.78, 5) is 6.43. The maximum absolute atomic E-state index is 9.63. The molecule has 0 saturated carbocycles. The fraction of sp³-hybridized carbons (Fsp3) is 0.833. The zero-order valence-corrected chi connectivity index (χ0v) is 11.3. The normalized spacial score (nSPS) is 24.3. The van der Waals surface area contributed by atoms with Crippen molar-refractivity contribution in [1.82, 2.24) is 19.7 Å². The minimum atomic E-state index is -0.270. The second kappa shape index (κ2) is 5.34. The zero-order chi connectivity index (χ0) is 13.2. The first-order valence-electron chi connectivity index (χ1n) is 6.37. The van der Waals surface area contributed by atoms with Crippen LogP contribution in [0.2, 0.25) is 0 Å². The molecule has 1 fully saturated rings. The van der Waals surface area contributed by atoms with E-state index in [1.165, 1.54) is 0 Å². The molecule has 1 aromatic heterocycles. The molecule has 102 valence electrons. The van der Waals surface area contributed by atoms with E-state index in [9.17, 15) is 5.11 Å². The number of likely N-dealkylation sites (N-methyl/N-ethyl adjacent to an activating group) is 1. The first-order chi connectivity index (χ1) is 8.59. The van der Waals surface area contributed by atoms with Gasteiger partial charge in [-0.15, -0.1) is 0 Å². The molecule has 2 heterocycles. The van der Waals surface area contributed by atoms with Gasteiger partial charge in [-0.05, 0) is 27.3 Å². The lowest BCUT2D eigenvalue weighted by Crippen LogP contribution is -2.50. The molecule has 1 atom stereocenters. The lowest BCUT2D eigenvalue weighted by Gasteiger charge is -2.35. The predicted molar refractivity (Wildman–Crippen MR) is 67.1 cm³/mol. The van der Waals surface area contributed by atoms with E-state index in [0.29, 0.717) is 25.8 Å². The van der Waals surface area contributed by atoms with Crippen LogP contribution in [0.15, 0.2) is 6.33 Å². The molecule has 0 aromatic carbocycles. The molecule has 6 nitrogen and oxygen atoms in total. The van der Waals surface area contributed by atoms with Crippen LogP contribution in [0, 0.1) is 0 Å². The highest BCUT2D eigenvalue weighted by Crippen LogP contribution is 2.26. The first kappa shape index (κ1) is 13.5. The Morgan fingerprint density at radius 1 is 1.61 bits per heavy atom. The van der Waals surface area contributed by atoms with Crippen LogP contribution in [0.5, 0.6) is 0 Å². The third-order valence-corrected chi connectivity index (χ3v) is 3.70. The molecule has 0 spiro atoms. The molecular weight excluding hydrogens is 232 g/mol. The van der Waals surface area contributed by atoms with Crippen LogP contribution in [0.3, 0.4) is 0 Å². The van der Waals surface area contributed by atoms with E-state index in [-0.39, 0.29) is 12.1 Å². The quantitative estimate of drug-likeness (QED) is 0.826. The second-order valence-electron chi connectivity index (χ2n) is 5.26. The number of hydrogen-bond acceptors (Lipinski definition) is 5. The molecule has 1 unspecified atom stereocenters. The van der Waals surface area contributed by atoms with Gasteiger partial charge in [0.15, 0.2) is 0 Å². The highest BCUT2D eigenvalue weighted by Gasteiger charge is 2.38. The molecule has 0 amide bonds. The van der Waals surface area contributed by atoms with Gasteiger partial charge in [0.2, 0.25) is 0 Å². The number of nitrogens with zero attached hydrogens (tertiary/aromatic N) is 4. The monoisotopic (exact) mass is 254 g/mol. The lowest BCUT2D eigenvalue weighted by atomic mass is 9.98. The third kappa shape index (κ3) is 2.41. The Balaban J connectivity index is 2.10. The molecule has 1 aliphatic rings. The SMILES string of the molecule is CC(C)n1ncnc1CN(C)C1(CO)CCOC1. The smallest absolute Gasteiger partial charge is 0.141 e. The third-order valence-electron chi connectivity index (χ3n) is 3.70. The number of aliphatic hydroxyl groups is 1. The van der Waals surface area contributed by atoms with Crippen LogP contribution in [-0.2, 0) is 11.3 Å². The largest absolute Gasteiger partial charge is 0.394 e. The summed E-state index contributed by atoms with van der Waals surface area (Å²) in [5.74, 6) is 0.923. The van der Waals surface area contributed by atoms with Crippen molar-refractivity contribution in [2.24, 2.45) is 0 Å². The average Bonchev–Trinajstić information content (AvgIpc) is 2.97. The van der Waals surface area contributed by atoms with Crippen LogP contribution < -0.4 is 0 Å². The Morgan fingerprint density at radius 3 is 2.94 bits per heavy atom. The van der Waals surface area contributed by atoms with Gasteiger partial charge in [-0.3, -0.25) is 4.90 Å². The Kier molecular flexibility index (Phi) is 3.99. The molecule has 0 aliphatic carbocycles. The topological polar surface area (TPSA) is 63.4 Å². The highest BCUT2D eigenvalue weighted by atomic mass is 16.5. The van der Waals surface area contributed by atoms with E-state index >= 15 is 0 Å². The predicted octanol–water partition coefficient (Wildman–Crippen LogP) is 0.442. The fourth-order valence-corrected chi connectivity index (χ4v) is 2.34. The first-order valence-corrected chi connectivity index (χ1v) is 6.37.